The number of ether oxygens (including phenoxy) is 3. The lowest BCUT2D eigenvalue weighted by Gasteiger charge is -2.18. The fraction of sp³-hybridized carbons (Fsp3) is 0.892. The van der Waals surface area contributed by atoms with Gasteiger partial charge in [0.1, 0.15) is 13.2 Å². The zero-order valence-electron chi connectivity index (χ0n) is 48.0. The van der Waals surface area contributed by atoms with Gasteiger partial charge in [-0.3, -0.25) is 14.4 Å². The quantitative estimate of drug-likeness (QED) is 0.0261. The van der Waals surface area contributed by atoms with Gasteiger partial charge in [-0.1, -0.05) is 308 Å². The van der Waals surface area contributed by atoms with Gasteiger partial charge < -0.3 is 14.2 Å². The van der Waals surface area contributed by atoms with Crippen LogP contribution in [0.4, 0.5) is 0 Å². The first-order valence-electron chi connectivity index (χ1n) is 31.8. The number of allylic oxidation sites excluding steroid dienone is 4. The molecule has 0 spiro atoms. The van der Waals surface area contributed by atoms with Crippen LogP contribution in [0, 0.1) is 0 Å². The van der Waals surface area contributed by atoms with Crippen molar-refractivity contribution in [2.24, 2.45) is 0 Å². The van der Waals surface area contributed by atoms with Gasteiger partial charge in [-0.2, -0.15) is 0 Å². The molecule has 0 aliphatic carbocycles. The van der Waals surface area contributed by atoms with Crippen LogP contribution in [-0.2, 0) is 28.6 Å². The predicted octanol–water partition coefficient (Wildman–Crippen LogP) is 21.4. The van der Waals surface area contributed by atoms with Crippen LogP contribution in [0.15, 0.2) is 24.3 Å². The molecule has 0 aromatic rings. The first-order chi connectivity index (χ1) is 35.0. The van der Waals surface area contributed by atoms with E-state index in [1.165, 1.54) is 250 Å². The number of hydrogen-bond donors (Lipinski definition) is 0. The highest BCUT2D eigenvalue weighted by molar-refractivity contribution is 5.71. The Balaban J connectivity index is 4.06. The summed E-state index contributed by atoms with van der Waals surface area (Å²) in [5.41, 5.74) is 0. The van der Waals surface area contributed by atoms with Crippen LogP contribution in [0.3, 0.4) is 0 Å². The Morgan fingerprint density at radius 1 is 0.282 bits per heavy atom. The van der Waals surface area contributed by atoms with E-state index in [1.54, 1.807) is 0 Å². The highest BCUT2D eigenvalue weighted by Crippen LogP contribution is 2.18. The first kappa shape index (κ1) is 68.9. The molecule has 0 aromatic heterocycles. The molecular formula is C65H122O6. The minimum atomic E-state index is -0.764. The largest absolute Gasteiger partial charge is 0.462 e. The molecule has 0 N–H and O–H groups in total. The maximum Gasteiger partial charge on any atom is 0.306 e. The molecule has 1 atom stereocenters. The summed E-state index contributed by atoms with van der Waals surface area (Å²) in [4.78, 5) is 38.0. The number of rotatable bonds is 59. The summed E-state index contributed by atoms with van der Waals surface area (Å²) < 4.78 is 16.8. The van der Waals surface area contributed by atoms with Crippen molar-refractivity contribution in [1.82, 2.24) is 0 Å². The van der Waals surface area contributed by atoms with Crippen molar-refractivity contribution >= 4 is 17.9 Å². The second kappa shape index (κ2) is 60.4. The summed E-state index contributed by atoms with van der Waals surface area (Å²) >= 11 is 0. The molecule has 0 saturated carbocycles. The summed E-state index contributed by atoms with van der Waals surface area (Å²) in [6, 6.07) is 0. The molecule has 418 valence electrons. The highest BCUT2D eigenvalue weighted by Gasteiger charge is 2.19. The molecule has 1 unspecified atom stereocenters. The Morgan fingerprint density at radius 2 is 0.507 bits per heavy atom. The zero-order chi connectivity index (χ0) is 51.4. The van der Waals surface area contributed by atoms with E-state index in [4.69, 9.17) is 14.2 Å². The number of esters is 3. The molecule has 0 saturated heterocycles. The van der Waals surface area contributed by atoms with Gasteiger partial charge in [0.2, 0.25) is 0 Å². The third kappa shape index (κ3) is 58.7. The fourth-order valence-electron chi connectivity index (χ4n) is 9.65. The van der Waals surface area contributed by atoms with Crippen LogP contribution in [0.5, 0.6) is 0 Å². The van der Waals surface area contributed by atoms with Crippen molar-refractivity contribution in [2.45, 2.75) is 361 Å². The molecule has 6 heteroatoms. The van der Waals surface area contributed by atoms with E-state index in [1.807, 2.05) is 0 Å². The topological polar surface area (TPSA) is 78.9 Å². The molecular weight excluding hydrogens is 877 g/mol. The van der Waals surface area contributed by atoms with Crippen LogP contribution in [0.25, 0.3) is 0 Å². The number of carbonyl (C=O) groups is 3. The Labute approximate surface area is 443 Å². The summed E-state index contributed by atoms with van der Waals surface area (Å²) in [5.74, 6) is -0.847. The van der Waals surface area contributed by atoms with Crippen molar-refractivity contribution in [3.63, 3.8) is 0 Å². The Hall–Kier alpha value is -2.11. The summed E-state index contributed by atoms with van der Waals surface area (Å²) in [6.45, 7) is 6.65. The molecule has 0 rings (SSSR count). The van der Waals surface area contributed by atoms with Gasteiger partial charge in [-0.05, 0) is 51.4 Å². The third-order valence-corrected chi connectivity index (χ3v) is 14.5. The smallest absolute Gasteiger partial charge is 0.306 e. The van der Waals surface area contributed by atoms with E-state index in [0.717, 1.165) is 64.2 Å². The Morgan fingerprint density at radius 3 is 0.775 bits per heavy atom. The maximum atomic E-state index is 12.8. The minimum absolute atomic E-state index is 0.0654. The lowest BCUT2D eigenvalue weighted by Crippen LogP contribution is -2.30. The van der Waals surface area contributed by atoms with Gasteiger partial charge in [-0.25, -0.2) is 0 Å². The summed E-state index contributed by atoms with van der Waals surface area (Å²) in [7, 11) is 0. The van der Waals surface area contributed by atoms with Crippen LogP contribution in [0.2, 0.25) is 0 Å². The average Bonchev–Trinajstić information content (AvgIpc) is 3.37. The van der Waals surface area contributed by atoms with Crippen LogP contribution >= 0.6 is 0 Å². The molecule has 0 aliphatic rings. The fourth-order valence-corrected chi connectivity index (χ4v) is 9.65. The lowest BCUT2D eigenvalue weighted by atomic mass is 10.0. The van der Waals surface area contributed by atoms with Gasteiger partial charge in [0.15, 0.2) is 6.10 Å². The number of hydrogen-bond acceptors (Lipinski definition) is 6. The molecule has 6 nitrogen and oxygen atoms in total. The second-order valence-corrected chi connectivity index (χ2v) is 21.7. The van der Waals surface area contributed by atoms with Gasteiger partial charge in [-0.15, -0.1) is 0 Å². The molecule has 0 aromatic carbocycles. The molecule has 0 aliphatic heterocycles. The molecule has 0 heterocycles. The summed E-state index contributed by atoms with van der Waals surface area (Å²) in [6.07, 6.45) is 72.1. The van der Waals surface area contributed by atoms with E-state index in [-0.39, 0.29) is 31.1 Å². The van der Waals surface area contributed by atoms with E-state index in [9.17, 15) is 14.4 Å². The average molecular weight is 1000 g/mol. The molecule has 71 heavy (non-hydrogen) atoms. The number of carbonyl (C=O) groups excluding carboxylic acids is 3. The monoisotopic (exact) mass is 999 g/mol. The zero-order valence-corrected chi connectivity index (χ0v) is 48.0. The van der Waals surface area contributed by atoms with Crippen LogP contribution < -0.4 is 0 Å². The van der Waals surface area contributed by atoms with Gasteiger partial charge >= 0.3 is 17.9 Å². The Kier molecular flexibility index (Phi) is 58.6. The van der Waals surface area contributed by atoms with E-state index >= 15 is 0 Å². The van der Waals surface area contributed by atoms with Crippen molar-refractivity contribution in [3.05, 3.63) is 24.3 Å². The van der Waals surface area contributed by atoms with Crippen molar-refractivity contribution in [2.75, 3.05) is 13.2 Å². The van der Waals surface area contributed by atoms with Crippen molar-refractivity contribution in [1.29, 1.82) is 0 Å². The van der Waals surface area contributed by atoms with Crippen molar-refractivity contribution < 1.29 is 28.6 Å². The van der Waals surface area contributed by atoms with Gasteiger partial charge in [0.25, 0.3) is 0 Å². The van der Waals surface area contributed by atoms with Crippen LogP contribution in [-0.4, -0.2) is 37.2 Å². The lowest BCUT2D eigenvalue weighted by molar-refractivity contribution is -0.167. The SMILES string of the molecule is CCCCCCC/C=C\C/C=C\CCCCCCCCCCCCCCCCCC(=O)OCC(COC(=O)CCCCCCCCC)OC(=O)CCCCCCCCCCCCCCCCCCCCC. The summed E-state index contributed by atoms with van der Waals surface area (Å²) in [5, 5.41) is 0. The second-order valence-electron chi connectivity index (χ2n) is 21.7. The number of unbranched alkanes of at least 4 members (excludes halogenated alkanes) is 44. The minimum Gasteiger partial charge on any atom is -0.462 e. The van der Waals surface area contributed by atoms with Gasteiger partial charge in [0.05, 0.1) is 0 Å². The molecule has 0 amide bonds. The molecule has 0 bridgehead atoms. The van der Waals surface area contributed by atoms with Crippen molar-refractivity contribution in [3.8, 4) is 0 Å². The van der Waals surface area contributed by atoms with Gasteiger partial charge in [0, 0.05) is 19.3 Å². The maximum absolute atomic E-state index is 12.8. The van der Waals surface area contributed by atoms with E-state index in [2.05, 4.69) is 45.1 Å². The van der Waals surface area contributed by atoms with Crippen LogP contribution in [0.1, 0.15) is 355 Å². The third-order valence-electron chi connectivity index (χ3n) is 14.5. The standard InChI is InChI=1S/C65H122O6/c1-4-7-10-13-16-18-20-22-24-26-28-29-30-31-32-33-34-35-37-38-40-42-44-46-49-52-55-58-64(67)70-61-62(60-69-63(66)57-54-51-48-15-12-9-6-3)71-65(68)59-56-53-50-47-45-43-41-39-36-27-25-23-21-19-17-14-11-8-5-2/h20,22,26,28,62H,4-19,21,23-25,27,29-61H2,1-3H3/b22-20-,28-26-. The molecule has 0 radical (unpaired) electrons. The Bertz CT molecular complexity index is 1150. The first-order valence-corrected chi connectivity index (χ1v) is 31.8. The predicted molar refractivity (Wildman–Crippen MR) is 307 cm³/mol. The normalized spacial score (nSPS) is 12.1. The highest BCUT2D eigenvalue weighted by atomic mass is 16.6. The molecule has 0 fully saturated rings. The van der Waals surface area contributed by atoms with E-state index in [0.29, 0.717) is 19.3 Å². The van der Waals surface area contributed by atoms with E-state index < -0.39 is 6.10 Å².